The van der Waals surface area contributed by atoms with Crippen molar-refractivity contribution in [2.45, 2.75) is 71.6 Å². The van der Waals surface area contributed by atoms with Crippen LogP contribution < -0.4 is 0 Å². The molecule has 0 radical (unpaired) electrons. The highest BCUT2D eigenvalue weighted by atomic mass is 14.4. The maximum atomic E-state index is 4.61. The second-order valence-corrected chi connectivity index (χ2v) is 10.3. The fraction of sp³-hybridized carbons (Fsp3) is 0.438. The lowest BCUT2D eigenvalue weighted by molar-refractivity contribution is 0.267. The Morgan fingerprint density at radius 2 is 1.62 bits per heavy atom. The van der Waals surface area contributed by atoms with Crippen molar-refractivity contribution < 1.29 is 0 Å². The molecule has 1 fully saturated rings. The summed E-state index contributed by atoms with van der Waals surface area (Å²) in [6.45, 7) is 9.23. The summed E-state index contributed by atoms with van der Waals surface area (Å²) < 4.78 is 0. The van der Waals surface area contributed by atoms with E-state index in [1.54, 1.807) is 22.3 Å². The number of hydrogen-bond acceptors (Lipinski definition) is 0. The lowest BCUT2D eigenvalue weighted by Gasteiger charge is -2.26. The molecular weight excluding hydrogens is 384 g/mol. The Labute approximate surface area is 195 Å². The zero-order valence-electron chi connectivity index (χ0n) is 20.0. The fourth-order valence-electron chi connectivity index (χ4n) is 6.88. The molecule has 0 spiro atoms. The molecule has 0 saturated heterocycles. The lowest BCUT2D eigenvalue weighted by atomic mass is 9.78. The van der Waals surface area contributed by atoms with Crippen LogP contribution in [0.1, 0.15) is 73.8 Å². The van der Waals surface area contributed by atoms with Crippen LogP contribution in [-0.2, 0) is 25.7 Å². The standard InChI is InChI=1S/C32H38/c1-4-23-18-27-20-29(21-28(27)19-24(23)5-2)31-15-9-13-26(31)17-22(3)30-14-10-16-32(30)25-11-7-6-8-12-25/h6-8,10-12,14,18-19,26,29,31H,3-5,9,13,15-17,20-21H2,1-2H3. The highest BCUT2D eigenvalue weighted by molar-refractivity contribution is 5.78. The summed E-state index contributed by atoms with van der Waals surface area (Å²) >= 11 is 0. The van der Waals surface area contributed by atoms with E-state index in [2.05, 4.69) is 75.0 Å². The molecule has 0 heteroatoms. The highest BCUT2D eigenvalue weighted by Crippen LogP contribution is 2.47. The van der Waals surface area contributed by atoms with E-state index in [9.17, 15) is 0 Å². The van der Waals surface area contributed by atoms with Gasteiger partial charge in [0.1, 0.15) is 0 Å². The molecule has 0 bridgehead atoms. The first-order valence-corrected chi connectivity index (χ1v) is 12.9. The average molecular weight is 423 g/mol. The van der Waals surface area contributed by atoms with Gasteiger partial charge in [0.25, 0.3) is 0 Å². The molecule has 2 aromatic rings. The Morgan fingerprint density at radius 1 is 0.938 bits per heavy atom. The van der Waals surface area contributed by atoms with Gasteiger partial charge in [-0.3, -0.25) is 0 Å². The second kappa shape index (κ2) is 9.26. The van der Waals surface area contributed by atoms with E-state index in [4.69, 9.17) is 0 Å². The maximum Gasteiger partial charge on any atom is -0.00821 e. The van der Waals surface area contributed by atoms with Gasteiger partial charge in [-0.25, -0.2) is 0 Å². The van der Waals surface area contributed by atoms with Crippen molar-refractivity contribution in [2.75, 3.05) is 0 Å². The molecule has 32 heavy (non-hydrogen) atoms. The zero-order chi connectivity index (χ0) is 22.1. The summed E-state index contributed by atoms with van der Waals surface area (Å²) in [5.41, 5.74) is 12.1. The van der Waals surface area contributed by atoms with Crippen molar-refractivity contribution in [3.8, 4) is 0 Å². The molecule has 2 unspecified atom stereocenters. The fourth-order valence-corrected chi connectivity index (χ4v) is 6.88. The molecule has 0 amide bonds. The van der Waals surface area contributed by atoms with Crippen LogP contribution in [0, 0.1) is 17.8 Å². The summed E-state index contributed by atoms with van der Waals surface area (Å²) in [7, 11) is 0. The van der Waals surface area contributed by atoms with Gasteiger partial charge in [0.05, 0.1) is 0 Å². The summed E-state index contributed by atoms with van der Waals surface area (Å²) in [6.07, 6.45) is 16.0. The third kappa shape index (κ3) is 4.05. The number of benzene rings is 2. The van der Waals surface area contributed by atoms with Crippen LogP contribution in [0.15, 0.2) is 72.3 Å². The van der Waals surface area contributed by atoms with Crippen molar-refractivity contribution in [1.82, 2.24) is 0 Å². The van der Waals surface area contributed by atoms with Crippen molar-refractivity contribution in [3.05, 3.63) is 100 Å². The number of rotatable bonds is 7. The largest absolute Gasteiger partial charge is 0.0952 e. The third-order valence-corrected chi connectivity index (χ3v) is 8.51. The Kier molecular flexibility index (Phi) is 6.22. The topological polar surface area (TPSA) is 0 Å². The number of allylic oxidation sites excluding steroid dienone is 5. The van der Waals surface area contributed by atoms with Crippen LogP contribution in [-0.4, -0.2) is 0 Å². The Morgan fingerprint density at radius 3 is 2.28 bits per heavy atom. The minimum atomic E-state index is 0.802. The van der Waals surface area contributed by atoms with Gasteiger partial charge in [0.15, 0.2) is 0 Å². The molecule has 3 aliphatic carbocycles. The molecule has 0 nitrogen and oxygen atoms in total. The lowest BCUT2D eigenvalue weighted by Crippen LogP contribution is -2.20. The first-order chi connectivity index (χ1) is 15.7. The normalized spacial score (nSPS) is 22.7. The van der Waals surface area contributed by atoms with E-state index in [-0.39, 0.29) is 0 Å². The third-order valence-electron chi connectivity index (χ3n) is 8.51. The van der Waals surface area contributed by atoms with Crippen LogP contribution in [0.3, 0.4) is 0 Å². The van der Waals surface area contributed by atoms with Gasteiger partial charge < -0.3 is 0 Å². The van der Waals surface area contributed by atoms with Crippen LogP contribution in [0.25, 0.3) is 5.57 Å². The predicted molar refractivity (Wildman–Crippen MR) is 138 cm³/mol. The molecule has 5 rings (SSSR count). The smallest absolute Gasteiger partial charge is 0.00821 e. The number of fused-ring (bicyclic) bond motifs is 1. The van der Waals surface area contributed by atoms with Gasteiger partial charge in [0, 0.05) is 0 Å². The van der Waals surface area contributed by atoms with Gasteiger partial charge in [-0.1, -0.05) is 81.5 Å². The van der Waals surface area contributed by atoms with Gasteiger partial charge in [-0.2, -0.15) is 0 Å². The average Bonchev–Trinajstić information content (AvgIpc) is 3.57. The van der Waals surface area contributed by atoms with E-state index in [0.29, 0.717) is 0 Å². The van der Waals surface area contributed by atoms with Gasteiger partial charge in [-0.05, 0) is 114 Å². The first kappa shape index (κ1) is 21.5. The number of hydrogen-bond donors (Lipinski definition) is 0. The number of aryl methyl sites for hydroxylation is 2. The van der Waals surface area contributed by atoms with Gasteiger partial charge in [-0.15, -0.1) is 0 Å². The quantitative estimate of drug-likeness (QED) is 0.421. The zero-order valence-corrected chi connectivity index (χ0v) is 20.0. The molecule has 0 heterocycles. The van der Waals surface area contributed by atoms with Crippen LogP contribution in [0.5, 0.6) is 0 Å². The molecule has 2 aromatic carbocycles. The summed E-state index contributed by atoms with van der Waals surface area (Å²) in [5.74, 6) is 2.50. The molecule has 0 aliphatic heterocycles. The molecule has 0 aromatic heterocycles. The minimum Gasteiger partial charge on any atom is -0.0952 e. The second-order valence-electron chi connectivity index (χ2n) is 10.3. The van der Waals surface area contributed by atoms with Crippen LogP contribution >= 0.6 is 0 Å². The summed E-state index contributed by atoms with van der Waals surface area (Å²) in [4.78, 5) is 0. The molecule has 0 N–H and O–H groups in total. The van der Waals surface area contributed by atoms with E-state index < -0.39 is 0 Å². The first-order valence-electron chi connectivity index (χ1n) is 12.9. The Balaban J connectivity index is 1.31. The molecule has 1 saturated carbocycles. The minimum absolute atomic E-state index is 0.802. The highest BCUT2D eigenvalue weighted by Gasteiger charge is 2.37. The monoisotopic (exact) mass is 422 g/mol. The van der Waals surface area contributed by atoms with Crippen LogP contribution in [0.4, 0.5) is 0 Å². The summed E-state index contributed by atoms with van der Waals surface area (Å²) in [5, 5.41) is 0. The SMILES string of the molecule is C=C(CC1CCCC1C1Cc2cc(CC)c(CC)cc2C1)C1=C(c2ccccc2)CC=C1. The van der Waals surface area contributed by atoms with Crippen molar-refractivity contribution in [3.63, 3.8) is 0 Å². The van der Waals surface area contributed by atoms with E-state index in [1.165, 1.54) is 73.6 Å². The molecule has 166 valence electrons. The maximum absolute atomic E-state index is 4.61. The summed E-state index contributed by atoms with van der Waals surface area (Å²) in [6, 6.07) is 16.0. The predicted octanol–water partition coefficient (Wildman–Crippen LogP) is 8.30. The van der Waals surface area contributed by atoms with Crippen molar-refractivity contribution >= 4 is 5.57 Å². The van der Waals surface area contributed by atoms with Crippen molar-refractivity contribution in [1.29, 1.82) is 0 Å². The van der Waals surface area contributed by atoms with E-state index in [1.807, 2.05) is 0 Å². The molecule has 2 atom stereocenters. The van der Waals surface area contributed by atoms with Crippen molar-refractivity contribution in [2.24, 2.45) is 17.8 Å². The van der Waals surface area contributed by atoms with E-state index >= 15 is 0 Å². The van der Waals surface area contributed by atoms with Gasteiger partial charge in [0.2, 0.25) is 0 Å². The van der Waals surface area contributed by atoms with E-state index in [0.717, 1.165) is 24.2 Å². The Hall–Kier alpha value is -2.34. The Bertz CT molecular complexity index is 1020. The van der Waals surface area contributed by atoms with Crippen LogP contribution in [0.2, 0.25) is 0 Å². The van der Waals surface area contributed by atoms with Gasteiger partial charge >= 0.3 is 0 Å². The molecule has 3 aliphatic rings. The molecular formula is C32H38.